The van der Waals surface area contributed by atoms with Gasteiger partial charge in [-0.05, 0) is 49.7 Å². The van der Waals surface area contributed by atoms with Gasteiger partial charge >= 0.3 is 0 Å². The van der Waals surface area contributed by atoms with Crippen LogP contribution in [0.15, 0.2) is 48.5 Å². The number of rotatable bonds is 4. The van der Waals surface area contributed by atoms with Crippen LogP contribution >= 0.6 is 0 Å². The lowest BCUT2D eigenvalue weighted by Gasteiger charge is -2.07. The van der Waals surface area contributed by atoms with Crippen molar-refractivity contribution in [1.82, 2.24) is 15.0 Å². The lowest BCUT2D eigenvalue weighted by molar-refractivity contribution is 0.340. The fourth-order valence-electron chi connectivity index (χ4n) is 2.35. The molecule has 2 aromatic carbocycles. The van der Waals surface area contributed by atoms with Crippen LogP contribution in [0.2, 0.25) is 0 Å². The van der Waals surface area contributed by atoms with Crippen molar-refractivity contribution >= 4 is 5.82 Å². The van der Waals surface area contributed by atoms with Crippen molar-refractivity contribution in [2.45, 2.75) is 13.8 Å². The maximum absolute atomic E-state index is 6.24. The Morgan fingerprint density at radius 3 is 2.50 bits per heavy atom. The van der Waals surface area contributed by atoms with E-state index >= 15 is 0 Å². The first kappa shape index (κ1) is 14.1. The van der Waals surface area contributed by atoms with Crippen molar-refractivity contribution in [2.75, 3.05) is 12.3 Å². The van der Waals surface area contributed by atoms with Crippen molar-refractivity contribution in [3.05, 3.63) is 54.1 Å². The average molecular weight is 294 g/mol. The molecule has 0 fully saturated rings. The molecule has 112 valence electrons. The molecule has 0 radical (unpaired) electrons. The zero-order chi connectivity index (χ0) is 15.5. The van der Waals surface area contributed by atoms with Gasteiger partial charge in [0.1, 0.15) is 11.4 Å². The smallest absolute Gasteiger partial charge is 0.155 e. The number of para-hydroxylation sites is 1. The van der Waals surface area contributed by atoms with Crippen molar-refractivity contribution in [1.29, 1.82) is 0 Å². The molecule has 2 N–H and O–H groups in total. The molecule has 5 heteroatoms. The summed E-state index contributed by atoms with van der Waals surface area (Å²) in [6, 6.07) is 15.6. The minimum atomic E-state index is 0.526. The van der Waals surface area contributed by atoms with Gasteiger partial charge < -0.3 is 10.5 Å². The zero-order valence-corrected chi connectivity index (χ0v) is 12.7. The number of anilines is 1. The van der Waals surface area contributed by atoms with E-state index in [4.69, 9.17) is 10.5 Å². The second-order valence-electron chi connectivity index (χ2n) is 4.98. The molecule has 0 saturated heterocycles. The topological polar surface area (TPSA) is 66.0 Å². The zero-order valence-electron chi connectivity index (χ0n) is 12.7. The molecule has 22 heavy (non-hydrogen) atoms. The molecule has 5 nitrogen and oxygen atoms in total. The number of aromatic nitrogens is 3. The summed E-state index contributed by atoms with van der Waals surface area (Å²) in [5.41, 5.74) is 9.86. The lowest BCUT2D eigenvalue weighted by atomic mass is 10.1. The average Bonchev–Trinajstić information content (AvgIpc) is 2.91. The molecule has 0 unspecified atom stereocenters. The summed E-state index contributed by atoms with van der Waals surface area (Å²) in [6.07, 6.45) is 0. The van der Waals surface area contributed by atoms with Gasteiger partial charge in [-0.3, -0.25) is 0 Å². The number of ether oxygens (including phenoxy) is 1. The number of nitrogens with zero attached hydrogens (tertiary/aromatic N) is 3. The van der Waals surface area contributed by atoms with E-state index in [1.165, 1.54) is 0 Å². The highest BCUT2D eigenvalue weighted by molar-refractivity contribution is 5.71. The van der Waals surface area contributed by atoms with Crippen molar-refractivity contribution < 1.29 is 4.74 Å². The quantitative estimate of drug-likeness (QED) is 0.802. The van der Waals surface area contributed by atoms with Crippen molar-refractivity contribution in [3.8, 4) is 22.7 Å². The highest BCUT2D eigenvalue weighted by Gasteiger charge is 2.14. The summed E-state index contributed by atoms with van der Waals surface area (Å²) in [4.78, 5) is 0. The molecule has 0 aliphatic rings. The molecule has 0 aliphatic heterocycles. The Balaban J connectivity index is 1.98. The number of hydrogen-bond donors (Lipinski definition) is 1. The molecule has 0 saturated carbocycles. The van der Waals surface area contributed by atoms with Crippen LogP contribution in [0, 0.1) is 6.92 Å². The van der Waals surface area contributed by atoms with Crippen LogP contribution in [0.25, 0.3) is 16.9 Å². The first-order chi connectivity index (χ1) is 10.7. The molecule has 3 aromatic rings. The monoisotopic (exact) mass is 294 g/mol. The predicted molar refractivity (Wildman–Crippen MR) is 87.1 cm³/mol. The SMILES string of the molecule is CCOc1ccc(-c2nnn(-c3ccccc3C)c2N)cc1. The molecule has 1 aromatic heterocycles. The Morgan fingerprint density at radius 2 is 1.82 bits per heavy atom. The molecule has 1 heterocycles. The third-order valence-electron chi connectivity index (χ3n) is 3.49. The summed E-state index contributed by atoms with van der Waals surface area (Å²) in [5, 5.41) is 8.42. The molecule has 0 amide bonds. The number of benzene rings is 2. The first-order valence-electron chi connectivity index (χ1n) is 7.21. The Kier molecular flexibility index (Phi) is 3.78. The lowest BCUT2D eigenvalue weighted by Crippen LogP contribution is -2.04. The third-order valence-corrected chi connectivity index (χ3v) is 3.49. The van der Waals surface area contributed by atoms with Gasteiger partial charge in [-0.2, -0.15) is 4.68 Å². The number of nitrogen functional groups attached to an aromatic ring is 1. The second kappa shape index (κ2) is 5.89. The molecule has 3 rings (SSSR count). The van der Waals surface area contributed by atoms with Crippen LogP contribution in [0.4, 0.5) is 5.82 Å². The molecule has 0 aliphatic carbocycles. The Labute approximate surface area is 129 Å². The summed E-state index contributed by atoms with van der Waals surface area (Å²) in [6.45, 7) is 4.62. The number of hydrogen-bond acceptors (Lipinski definition) is 4. The van der Waals surface area contributed by atoms with E-state index in [1.54, 1.807) is 4.68 Å². The van der Waals surface area contributed by atoms with Gasteiger partial charge in [0.2, 0.25) is 0 Å². The minimum Gasteiger partial charge on any atom is -0.494 e. The second-order valence-corrected chi connectivity index (χ2v) is 4.98. The van der Waals surface area contributed by atoms with Crippen LogP contribution in [0.1, 0.15) is 12.5 Å². The summed E-state index contributed by atoms with van der Waals surface area (Å²) in [7, 11) is 0. The minimum absolute atomic E-state index is 0.526. The normalized spacial score (nSPS) is 10.6. The Morgan fingerprint density at radius 1 is 1.09 bits per heavy atom. The Hall–Kier alpha value is -2.82. The summed E-state index contributed by atoms with van der Waals surface area (Å²) >= 11 is 0. The highest BCUT2D eigenvalue weighted by Crippen LogP contribution is 2.27. The first-order valence-corrected chi connectivity index (χ1v) is 7.21. The molecule has 0 atom stereocenters. The fourth-order valence-corrected chi connectivity index (χ4v) is 2.35. The number of aryl methyl sites for hydroxylation is 1. The van der Waals surface area contributed by atoms with Crippen molar-refractivity contribution in [2.24, 2.45) is 0 Å². The van der Waals surface area contributed by atoms with Gasteiger partial charge in [0.05, 0.1) is 12.3 Å². The third kappa shape index (κ3) is 2.53. The molecular formula is C17H18N4O. The van der Waals surface area contributed by atoms with E-state index in [2.05, 4.69) is 10.3 Å². The van der Waals surface area contributed by atoms with E-state index in [9.17, 15) is 0 Å². The Bertz CT molecular complexity index is 778. The summed E-state index contributed by atoms with van der Waals surface area (Å²) < 4.78 is 7.11. The summed E-state index contributed by atoms with van der Waals surface area (Å²) in [5.74, 6) is 1.36. The van der Waals surface area contributed by atoms with Gasteiger partial charge in [-0.15, -0.1) is 5.10 Å². The van der Waals surface area contributed by atoms with Gasteiger partial charge in [0.25, 0.3) is 0 Å². The molecular weight excluding hydrogens is 276 g/mol. The van der Waals surface area contributed by atoms with E-state index in [0.29, 0.717) is 18.1 Å². The molecule has 0 bridgehead atoms. The van der Waals surface area contributed by atoms with Gasteiger partial charge in [-0.1, -0.05) is 23.4 Å². The molecule has 0 spiro atoms. The predicted octanol–water partition coefficient (Wildman–Crippen LogP) is 3.22. The van der Waals surface area contributed by atoms with Gasteiger partial charge in [0.15, 0.2) is 5.82 Å². The van der Waals surface area contributed by atoms with E-state index in [1.807, 2.05) is 62.4 Å². The van der Waals surface area contributed by atoms with Crippen LogP contribution in [0.5, 0.6) is 5.75 Å². The van der Waals surface area contributed by atoms with Gasteiger partial charge in [-0.25, -0.2) is 0 Å². The standard InChI is InChI=1S/C17H18N4O/c1-3-22-14-10-8-13(9-11-14)16-17(18)21(20-19-16)15-7-5-4-6-12(15)2/h4-11H,3,18H2,1-2H3. The number of nitrogens with two attached hydrogens (primary N) is 1. The van der Waals surface area contributed by atoms with Crippen LogP contribution in [-0.4, -0.2) is 21.6 Å². The van der Waals surface area contributed by atoms with E-state index in [0.717, 1.165) is 22.6 Å². The van der Waals surface area contributed by atoms with Crippen LogP contribution < -0.4 is 10.5 Å². The maximum atomic E-state index is 6.24. The largest absolute Gasteiger partial charge is 0.494 e. The van der Waals surface area contributed by atoms with Crippen molar-refractivity contribution in [3.63, 3.8) is 0 Å². The highest BCUT2D eigenvalue weighted by atomic mass is 16.5. The van der Waals surface area contributed by atoms with Gasteiger partial charge in [0, 0.05) is 5.56 Å². The van der Waals surface area contributed by atoms with Crippen LogP contribution in [0.3, 0.4) is 0 Å². The maximum Gasteiger partial charge on any atom is 0.155 e. The van der Waals surface area contributed by atoms with E-state index < -0.39 is 0 Å². The fraction of sp³-hybridized carbons (Fsp3) is 0.176. The van der Waals surface area contributed by atoms with Crippen LogP contribution in [-0.2, 0) is 0 Å². The van der Waals surface area contributed by atoms with E-state index in [-0.39, 0.29) is 0 Å².